The van der Waals surface area contributed by atoms with Gasteiger partial charge < -0.3 is 9.84 Å². The Balaban J connectivity index is 2.31. The van der Waals surface area contributed by atoms with E-state index in [1.165, 1.54) is 0 Å². The molecule has 0 aromatic rings. The number of epoxide rings is 1. The number of hydrogen-bond donors (Lipinski definition) is 1. The molecule has 11 heavy (non-hydrogen) atoms. The zero-order valence-electron chi connectivity index (χ0n) is 5.79. The van der Waals surface area contributed by atoms with Crippen molar-refractivity contribution in [3.8, 4) is 36.0 Å². The summed E-state index contributed by atoms with van der Waals surface area (Å²) in [7, 11) is 0. The molecule has 0 aromatic carbocycles. The van der Waals surface area contributed by atoms with Crippen LogP contribution >= 0.6 is 0 Å². The molecule has 2 nitrogen and oxygen atoms in total. The van der Waals surface area contributed by atoms with Gasteiger partial charge in [0.25, 0.3) is 0 Å². The summed E-state index contributed by atoms with van der Waals surface area (Å²) in [6.07, 6.45) is 4.59. The van der Waals surface area contributed by atoms with Crippen molar-refractivity contribution < 1.29 is 9.84 Å². The van der Waals surface area contributed by atoms with Gasteiger partial charge in [0, 0.05) is 0 Å². The van der Waals surface area contributed by atoms with Gasteiger partial charge in [-0.15, -0.1) is 6.42 Å². The molecule has 0 saturated carbocycles. The molecule has 1 N–H and O–H groups in total. The second kappa shape index (κ2) is 3.69. The maximum absolute atomic E-state index is 8.52. The summed E-state index contributed by atoms with van der Waals surface area (Å²) in [6, 6.07) is 0. The van der Waals surface area contributed by atoms with E-state index in [9.17, 15) is 0 Å². The monoisotopic (exact) mass is 146 g/mol. The first-order valence-corrected chi connectivity index (χ1v) is 3.11. The van der Waals surface area contributed by atoms with Gasteiger partial charge in [0.2, 0.25) is 0 Å². The summed E-state index contributed by atoms with van der Waals surface area (Å²) in [5.41, 5.74) is 0. The van der Waals surface area contributed by atoms with Gasteiger partial charge in [-0.2, -0.15) is 0 Å². The Hall–Kier alpha value is -1.40. The second-order valence-corrected chi connectivity index (χ2v) is 1.94. The Morgan fingerprint density at radius 1 is 1.36 bits per heavy atom. The van der Waals surface area contributed by atoms with E-state index >= 15 is 0 Å². The fraction of sp³-hybridized carbons (Fsp3) is 0.333. The van der Waals surface area contributed by atoms with E-state index in [2.05, 4.69) is 29.6 Å². The van der Waals surface area contributed by atoms with Crippen LogP contribution in [-0.2, 0) is 4.74 Å². The summed E-state index contributed by atoms with van der Waals surface area (Å²) in [6.45, 7) is 0.0158. The van der Waals surface area contributed by atoms with Crippen LogP contribution in [-0.4, -0.2) is 23.9 Å². The zero-order valence-corrected chi connectivity index (χ0v) is 5.79. The highest BCUT2D eigenvalue weighted by Gasteiger charge is 2.36. The molecule has 0 amide bonds. The van der Waals surface area contributed by atoms with E-state index < -0.39 is 0 Å². The predicted octanol–water partition coefficient (Wildman–Crippen LogP) is -0.614. The summed E-state index contributed by atoms with van der Waals surface area (Å²) in [5, 5.41) is 8.52. The van der Waals surface area contributed by atoms with Crippen LogP contribution < -0.4 is 0 Å². The molecular weight excluding hydrogens is 140 g/mol. The van der Waals surface area contributed by atoms with Gasteiger partial charge in [-0.05, 0) is 23.7 Å². The van der Waals surface area contributed by atoms with Gasteiger partial charge in [0.15, 0.2) is 0 Å². The van der Waals surface area contributed by atoms with Crippen molar-refractivity contribution in [2.45, 2.75) is 12.2 Å². The Kier molecular flexibility index (Phi) is 2.59. The van der Waals surface area contributed by atoms with Crippen molar-refractivity contribution in [3.63, 3.8) is 0 Å². The lowest BCUT2D eigenvalue weighted by Gasteiger charge is -1.73. The molecule has 0 bridgehead atoms. The smallest absolute Gasteiger partial charge is 0.148 e. The average molecular weight is 146 g/mol. The minimum absolute atomic E-state index is 0.0158. The van der Waals surface area contributed by atoms with Gasteiger partial charge in [-0.3, -0.25) is 0 Å². The molecule has 1 aliphatic rings. The molecule has 1 heterocycles. The Morgan fingerprint density at radius 2 is 2.18 bits per heavy atom. The van der Waals surface area contributed by atoms with Crippen molar-refractivity contribution in [1.82, 2.24) is 0 Å². The number of terminal acetylenes is 1. The Bertz CT molecular complexity index is 289. The second-order valence-electron chi connectivity index (χ2n) is 1.94. The van der Waals surface area contributed by atoms with Crippen molar-refractivity contribution in [2.75, 3.05) is 6.61 Å². The summed E-state index contributed by atoms with van der Waals surface area (Å²) < 4.78 is 4.90. The number of aliphatic hydroxyl groups excluding tert-OH is 1. The third-order valence-corrected chi connectivity index (χ3v) is 1.17. The van der Waals surface area contributed by atoms with Crippen LogP contribution in [0, 0.1) is 36.0 Å². The number of rotatable bonds is 1. The van der Waals surface area contributed by atoms with E-state index in [4.69, 9.17) is 16.3 Å². The van der Waals surface area contributed by atoms with Gasteiger partial charge in [-0.1, -0.05) is 5.92 Å². The van der Waals surface area contributed by atoms with E-state index in [0.29, 0.717) is 0 Å². The van der Waals surface area contributed by atoms with Gasteiger partial charge in [-0.25, -0.2) is 0 Å². The molecule has 0 radical (unpaired) electrons. The maximum atomic E-state index is 8.52. The summed E-state index contributed by atoms with van der Waals surface area (Å²) in [5.74, 6) is 12.1. The van der Waals surface area contributed by atoms with Crippen molar-refractivity contribution in [2.24, 2.45) is 0 Å². The minimum Gasteiger partial charge on any atom is -0.394 e. The number of aliphatic hydroxyl groups is 1. The molecule has 54 valence electrons. The lowest BCUT2D eigenvalue weighted by atomic mass is 10.3. The van der Waals surface area contributed by atoms with Crippen LogP contribution in [0.25, 0.3) is 0 Å². The van der Waals surface area contributed by atoms with Crippen molar-refractivity contribution >= 4 is 0 Å². The fourth-order valence-corrected chi connectivity index (χ4v) is 0.583. The van der Waals surface area contributed by atoms with Crippen LogP contribution in [0.3, 0.4) is 0 Å². The summed E-state index contributed by atoms with van der Waals surface area (Å²) in [4.78, 5) is 0. The molecule has 0 spiro atoms. The topological polar surface area (TPSA) is 32.8 Å². The third kappa shape index (κ3) is 2.36. The number of hydrogen-bond acceptors (Lipinski definition) is 2. The fourth-order valence-electron chi connectivity index (χ4n) is 0.583. The van der Waals surface area contributed by atoms with E-state index in [-0.39, 0.29) is 18.8 Å². The normalized spacial score (nSPS) is 25.1. The zero-order chi connectivity index (χ0) is 8.10. The highest BCUT2D eigenvalue weighted by atomic mass is 16.6. The molecule has 2 atom stereocenters. The standard InChI is InChI=1S/C9H6O2/c1-2-3-4-5-6-8-9(7-10)11-8/h1,8-10H,7H2/t8-,9-/m0/s1. The highest BCUT2D eigenvalue weighted by molar-refractivity contribution is 5.35. The quantitative estimate of drug-likeness (QED) is 0.395. The Labute approximate surface area is 65.6 Å². The lowest BCUT2D eigenvalue weighted by molar-refractivity contribution is 0.243. The first kappa shape index (κ1) is 7.70. The molecule has 1 saturated heterocycles. The van der Waals surface area contributed by atoms with Crippen molar-refractivity contribution in [1.29, 1.82) is 0 Å². The third-order valence-electron chi connectivity index (χ3n) is 1.17. The average Bonchev–Trinajstić information content (AvgIpc) is 2.77. The SMILES string of the molecule is C#CC#CC#C[C@@H]1O[C@H]1CO. The van der Waals surface area contributed by atoms with Gasteiger partial charge in [0.05, 0.1) is 6.61 Å². The summed E-state index contributed by atoms with van der Waals surface area (Å²) >= 11 is 0. The first-order chi connectivity index (χ1) is 5.38. The minimum atomic E-state index is -0.146. The van der Waals surface area contributed by atoms with Crippen LogP contribution in [0.1, 0.15) is 0 Å². The molecule has 0 aliphatic carbocycles. The molecule has 1 aliphatic heterocycles. The molecule has 1 fully saturated rings. The van der Waals surface area contributed by atoms with Crippen LogP contribution in [0.2, 0.25) is 0 Å². The van der Waals surface area contributed by atoms with Crippen LogP contribution in [0.4, 0.5) is 0 Å². The maximum Gasteiger partial charge on any atom is 0.148 e. The lowest BCUT2D eigenvalue weighted by Crippen LogP contribution is -1.95. The van der Waals surface area contributed by atoms with Gasteiger partial charge >= 0.3 is 0 Å². The molecule has 0 aromatic heterocycles. The van der Waals surface area contributed by atoms with E-state index in [1.807, 2.05) is 0 Å². The molecular formula is C9H6O2. The van der Waals surface area contributed by atoms with Gasteiger partial charge in [0.1, 0.15) is 12.2 Å². The molecule has 2 heteroatoms. The predicted molar refractivity (Wildman–Crippen MR) is 40.1 cm³/mol. The highest BCUT2D eigenvalue weighted by Crippen LogP contribution is 2.19. The largest absolute Gasteiger partial charge is 0.394 e. The Morgan fingerprint density at radius 3 is 2.73 bits per heavy atom. The van der Waals surface area contributed by atoms with E-state index in [1.54, 1.807) is 0 Å². The van der Waals surface area contributed by atoms with Crippen molar-refractivity contribution in [3.05, 3.63) is 0 Å². The van der Waals surface area contributed by atoms with Crippen LogP contribution in [0.15, 0.2) is 0 Å². The first-order valence-electron chi connectivity index (χ1n) is 3.11. The molecule has 1 rings (SSSR count). The van der Waals surface area contributed by atoms with E-state index in [0.717, 1.165) is 0 Å². The molecule has 0 unspecified atom stereocenters. The van der Waals surface area contributed by atoms with Crippen LogP contribution in [0.5, 0.6) is 0 Å². The number of ether oxygens (including phenoxy) is 1.